The zero-order valence-electron chi connectivity index (χ0n) is 28.3. The summed E-state index contributed by atoms with van der Waals surface area (Å²) in [5.74, 6) is -0.0645. The number of hydrogen-bond acceptors (Lipinski definition) is 8. The van der Waals surface area contributed by atoms with E-state index in [0.29, 0.717) is 60.3 Å². The highest BCUT2D eigenvalue weighted by Crippen LogP contribution is 2.33. The number of anilines is 2. The van der Waals surface area contributed by atoms with E-state index in [2.05, 4.69) is 20.4 Å². The summed E-state index contributed by atoms with van der Waals surface area (Å²) in [5, 5.41) is 18.5. The molecule has 2 N–H and O–H groups in total. The van der Waals surface area contributed by atoms with Crippen molar-refractivity contribution in [2.24, 2.45) is 0 Å². The monoisotopic (exact) mass is 706 g/mol. The van der Waals surface area contributed by atoms with Crippen LogP contribution in [0.15, 0.2) is 115 Å². The van der Waals surface area contributed by atoms with Gasteiger partial charge in [0.1, 0.15) is 18.2 Å². The van der Waals surface area contributed by atoms with Crippen LogP contribution in [0.3, 0.4) is 0 Å². The molecule has 0 bridgehead atoms. The van der Waals surface area contributed by atoms with Crippen molar-refractivity contribution in [3.63, 3.8) is 0 Å². The molecule has 1 aliphatic rings. The second-order valence-corrected chi connectivity index (χ2v) is 13.6. The number of carbonyl (C=O) groups excluding carboxylic acids is 1. The lowest BCUT2D eigenvalue weighted by Gasteiger charge is -2.31. The molecule has 11 heteroatoms. The number of hydrogen-bond donors (Lipinski definition) is 2. The summed E-state index contributed by atoms with van der Waals surface area (Å²) in [4.78, 5) is 37.5. The standard InChI is InChI=1S/C41H34N6O4S/c1-26-32(22-42-47(26)23-29-12-5-7-16-35(29)51-25-27-10-3-2-4-11-27)30-18-19-37(44-38(30)40(49)50)46-21-20-28-13-9-14-31(33(28)24-46)39(48)45-41-43-34-15-6-8-17-36(34)52-41/h2-19,22H,20-21,23-25H2,1H3,(H,49,50)(H,43,45,48). The van der Waals surface area contributed by atoms with Gasteiger partial charge in [0, 0.05) is 41.0 Å². The molecule has 8 rings (SSSR count). The van der Waals surface area contributed by atoms with Gasteiger partial charge < -0.3 is 14.7 Å². The highest BCUT2D eigenvalue weighted by molar-refractivity contribution is 7.22. The van der Waals surface area contributed by atoms with Crippen LogP contribution in [0.1, 0.15) is 48.8 Å². The van der Waals surface area contributed by atoms with Crippen LogP contribution in [0, 0.1) is 6.92 Å². The van der Waals surface area contributed by atoms with Crippen molar-refractivity contribution in [1.29, 1.82) is 0 Å². The van der Waals surface area contributed by atoms with Crippen molar-refractivity contribution in [3.8, 4) is 16.9 Å². The van der Waals surface area contributed by atoms with Gasteiger partial charge in [0.15, 0.2) is 10.8 Å². The average molecular weight is 707 g/mol. The molecule has 1 amide bonds. The van der Waals surface area contributed by atoms with Crippen molar-refractivity contribution in [2.75, 3.05) is 16.8 Å². The number of fused-ring (bicyclic) bond motifs is 2. The average Bonchev–Trinajstić information content (AvgIpc) is 3.76. The molecular formula is C41H34N6O4S. The third-order valence-electron chi connectivity index (χ3n) is 9.36. The molecule has 4 heterocycles. The number of carboxylic acids is 1. The Kier molecular flexibility index (Phi) is 8.92. The van der Waals surface area contributed by atoms with Crippen molar-refractivity contribution >= 4 is 44.4 Å². The molecule has 3 aromatic heterocycles. The molecule has 0 spiro atoms. The largest absolute Gasteiger partial charge is 0.489 e. The molecule has 258 valence electrons. The second kappa shape index (κ2) is 14.1. The number of para-hydroxylation sites is 2. The third kappa shape index (κ3) is 6.61. The number of pyridine rings is 1. The van der Waals surface area contributed by atoms with Crippen molar-refractivity contribution in [1.82, 2.24) is 19.7 Å². The number of rotatable bonds is 10. The van der Waals surface area contributed by atoms with E-state index in [-0.39, 0.29) is 11.6 Å². The predicted molar refractivity (Wildman–Crippen MR) is 202 cm³/mol. The van der Waals surface area contributed by atoms with Gasteiger partial charge in [0.25, 0.3) is 5.91 Å². The zero-order chi connectivity index (χ0) is 35.6. The first kappa shape index (κ1) is 32.9. The summed E-state index contributed by atoms with van der Waals surface area (Å²) in [6.07, 6.45) is 2.38. The first-order valence-corrected chi connectivity index (χ1v) is 17.8. The Morgan fingerprint density at radius 2 is 1.69 bits per heavy atom. The molecular weight excluding hydrogens is 673 g/mol. The van der Waals surface area contributed by atoms with Gasteiger partial charge >= 0.3 is 5.97 Å². The summed E-state index contributed by atoms with van der Waals surface area (Å²) in [5.41, 5.74) is 7.34. The van der Waals surface area contributed by atoms with E-state index in [4.69, 9.17) is 4.74 Å². The van der Waals surface area contributed by atoms with Crippen LogP contribution in [0.5, 0.6) is 5.75 Å². The number of amides is 1. The van der Waals surface area contributed by atoms with Gasteiger partial charge in [-0.15, -0.1) is 0 Å². The maximum atomic E-state index is 13.5. The fraction of sp³-hybridized carbons (Fsp3) is 0.146. The number of ether oxygens (including phenoxy) is 1. The Bertz CT molecular complexity index is 2410. The fourth-order valence-corrected chi connectivity index (χ4v) is 7.49. The van der Waals surface area contributed by atoms with E-state index >= 15 is 0 Å². The van der Waals surface area contributed by atoms with E-state index in [9.17, 15) is 14.7 Å². The molecule has 0 saturated carbocycles. The van der Waals surface area contributed by atoms with E-state index in [1.807, 2.05) is 120 Å². The number of aromatic nitrogens is 4. The van der Waals surface area contributed by atoms with Crippen molar-refractivity contribution in [3.05, 3.63) is 155 Å². The van der Waals surface area contributed by atoms with Crippen LogP contribution in [-0.2, 0) is 26.1 Å². The van der Waals surface area contributed by atoms with E-state index in [1.54, 1.807) is 12.3 Å². The Hall–Kier alpha value is -6.33. The van der Waals surface area contributed by atoms with E-state index in [0.717, 1.165) is 43.9 Å². The summed E-state index contributed by atoms with van der Waals surface area (Å²) in [7, 11) is 0. The van der Waals surface area contributed by atoms with Crippen LogP contribution < -0.4 is 15.0 Å². The minimum atomic E-state index is -1.13. The van der Waals surface area contributed by atoms with Crippen molar-refractivity contribution in [2.45, 2.75) is 33.0 Å². The van der Waals surface area contributed by atoms with Gasteiger partial charge in [-0.3, -0.25) is 14.8 Å². The molecule has 10 nitrogen and oxygen atoms in total. The van der Waals surface area contributed by atoms with Gasteiger partial charge in [-0.2, -0.15) is 5.10 Å². The highest BCUT2D eigenvalue weighted by Gasteiger charge is 2.26. The Morgan fingerprint density at radius 1 is 0.885 bits per heavy atom. The second-order valence-electron chi connectivity index (χ2n) is 12.6. The molecule has 1 aliphatic heterocycles. The normalized spacial score (nSPS) is 12.4. The molecule has 52 heavy (non-hydrogen) atoms. The van der Waals surface area contributed by atoms with Crippen LogP contribution in [-0.4, -0.2) is 43.3 Å². The van der Waals surface area contributed by atoms with Gasteiger partial charge in [-0.25, -0.2) is 14.8 Å². The van der Waals surface area contributed by atoms with Crippen LogP contribution in [0.25, 0.3) is 21.3 Å². The number of thiazole rings is 1. The smallest absolute Gasteiger partial charge is 0.355 e. The number of nitrogens with zero attached hydrogens (tertiary/aromatic N) is 5. The lowest BCUT2D eigenvalue weighted by atomic mass is 9.94. The van der Waals surface area contributed by atoms with Crippen LogP contribution >= 0.6 is 11.3 Å². The first-order valence-electron chi connectivity index (χ1n) is 17.0. The third-order valence-corrected chi connectivity index (χ3v) is 10.3. The number of aromatic carboxylic acids is 1. The Balaban J connectivity index is 1.02. The van der Waals surface area contributed by atoms with Crippen LogP contribution in [0.4, 0.5) is 10.9 Å². The summed E-state index contributed by atoms with van der Waals surface area (Å²) < 4.78 is 9.02. The summed E-state index contributed by atoms with van der Waals surface area (Å²) >= 11 is 1.43. The van der Waals surface area contributed by atoms with Gasteiger partial charge in [0.05, 0.1) is 23.0 Å². The number of carboxylic acid groups (broad SMARTS) is 1. The highest BCUT2D eigenvalue weighted by atomic mass is 32.1. The molecule has 4 aromatic carbocycles. The zero-order valence-corrected chi connectivity index (χ0v) is 29.1. The number of carbonyl (C=O) groups is 2. The fourth-order valence-electron chi connectivity index (χ4n) is 6.63. The molecule has 0 fully saturated rings. The Labute approximate surface area is 304 Å². The first-order chi connectivity index (χ1) is 25.4. The summed E-state index contributed by atoms with van der Waals surface area (Å²) in [6.45, 7) is 3.87. The number of nitrogens with one attached hydrogen (secondary N) is 1. The minimum absolute atomic E-state index is 0.0561. The SMILES string of the molecule is Cc1c(-c2ccc(N3CCc4cccc(C(=O)Nc5nc6ccccc6s5)c4C3)nc2C(=O)O)cnn1Cc1ccccc1OCc1ccccc1. The molecule has 0 aliphatic carbocycles. The lowest BCUT2D eigenvalue weighted by Crippen LogP contribution is -2.33. The number of benzene rings is 4. The molecule has 0 atom stereocenters. The van der Waals surface area contributed by atoms with Crippen LogP contribution in [0.2, 0.25) is 0 Å². The minimum Gasteiger partial charge on any atom is -0.489 e. The maximum Gasteiger partial charge on any atom is 0.355 e. The molecule has 7 aromatic rings. The summed E-state index contributed by atoms with van der Waals surface area (Å²) in [6, 6.07) is 35.0. The van der Waals surface area contributed by atoms with E-state index < -0.39 is 5.97 Å². The molecule has 0 unspecified atom stereocenters. The van der Waals surface area contributed by atoms with Crippen molar-refractivity contribution < 1.29 is 19.4 Å². The predicted octanol–water partition coefficient (Wildman–Crippen LogP) is 8.00. The van der Waals surface area contributed by atoms with Gasteiger partial charge in [-0.05, 0) is 66.4 Å². The lowest BCUT2D eigenvalue weighted by molar-refractivity contribution is 0.0691. The Morgan fingerprint density at radius 3 is 2.54 bits per heavy atom. The van der Waals surface area contributed by atoms with E-state index in [1.165, 1.54) is 11.3 Å². The topological polar surface area (TPSA) is 122 Å². The van der Waals surface area contributed by atoms with Gasteiger partial charge in [-0.1, -0.05) is 84.1 Å². The van der Waals surface area contributed by atoms with Gasteiger partial charge in [0.2, 0.25) is 0 Å². The molecule has 0 radical (unpaired) electrons. The molecule has 0 saturated heterocycles. The quantitative estimate of drug-likeness (QED) is 0.147. The maximum absolute atomic E-state index is 13.5.